The Morgan fingerprint density at radius 2 is 1.68 bits per heavy atom. The van der Waals surface area contributed by atoms with Gasteiger partial charge < -0.3 is 16.2 Å². The minimum absolute atomic E-state index is 0.183. The van der Waals surface area contributed by atoms with Crippen molar-refractivity contribution in [3.63, 3.8) is 0 Å². The van der Waals surface area contributed by atoms with Crippen molar-refractivity contribution in [3.8, 4) is 0 Å². The molecule has 5 heteroatoms. The van der Waals surface area contributed by atoms with Crippen LogP contribution >= 0.6 is 0 Å². The van der Waals surface area contributed by atoms with Crippen LogP contribution in [0.5, 0.6) is 0 Å². The van der Waals surface area contributed by atoms with Gasteiger partial charge in [0.15, 0.2) is 0 Å². The lowest BCUT2D eigenvalue weighted by molar-refractivity contribution is 0.0717. The number of nitrogens with two attached hydrogens (primary N) is 1. The Bertz CT molecular complexity index is 470. The zero-order valence-electron chi connectivity index (χ0n) is 10.6. The first-order valence-corrected chi connectivity index (χ1v) is 6.46. The lowest BCUT2D eigenvalue weighted by Crippen LogP contribution is -2.45. The molecule has 0 saturated heterocycles. The predicted octanol–water partition coefficient (Wildman–Crippen LogP) is 0.819. The van der Waals surface area contributed by atoms with Crippen LogP contribution in [0.4, 0.5) is 0 Å². The van der Waals surface area contributed by atoms with Gasteiger partial charge in [0, 0.05) is 11.1 Å². The molecule has 2 amide bonds. The fourth-order valence-electron chi connectivity index (χ4n) is 2.32. The van der Waals surface area contributed by atoms with Crippen LogP contribution in [0.3, 0.4) is 0 Å². The monoisotopic (exact) mass is 262 g/mol. The summed E-state index contributed by atoms with van der Waals surface area (Å²) in [4.78, 5) is 22.9. The van der Waals surface area contributed by atoms with Gasteiger partial charge >= 0.3 is 0 Å². The molecule has 2 unspecified atom stereocenters. The molecule has 1 aromatic carbocycles. The summed E-state index contributed by atoms with van der Waals surface area (Å²) in [6, 6.07) is 5.98. The molecule has 4 N–H and O–H groups in total. The Labute approximate surface area is 111 Å². The summed E-state index contributed by atoms with van der Waals surface area (Å²) in [7, 11) is 0. The lowest BCUT2D eigenvalue weighted by Gasteiger charge is -2.28. The third-order valence-electron chi connectivity index (χ3n) is 3.48. The Hall–Kier alpha value is -1.88. The molecule has 0 aromatic heterocycles. The van der Waals surface area contributed by atoms with Crippen molar-refractivity contribution in [2.24, 2.45) is 5.73 Å². The average Bonchev–Trinajstić information content (AvgIpc) is 2.41. The highest BCUT2D eigenvalue weighted by atomic mass is 16.3. The first kappa shape index (κ1) is 13.5. The molecule has 5 nitrogen and oxygen atoms in total. The standard InChI is InChI=1S/C14H18N2O3/c15-13(18)9-5-7-10(8-6-9)14(19)16-11-3-1-2-4-12(11)17/h5-8,11-12,17H,1-4H2,(H2,15,18)(H,16,19). The van der Waals surface area contributed by atoms with Crippen molar-refractivity contribution in [2.75, 3.05) is 0 Å². The summed E-state index contributed by atoms with van der Waals surface area (Å²) in [5, 5.41) is 12.6. The molecule has 1 fully saturated rings. The molecule has 0 radical (unpaired) electrons. The van der Waals surface area contributed by atoms with E-state index in [9.17, 15) is 14.7 Å². The molecule has 2 rings (SSSR count). The number of carbonyl (C=O) groups is 2. The number of amides is 2. The van der Waals surface area contributed by atoms with E-state index in [-0.39, 0.29) is 11.9 Å². The minimum Gasteiger partial charge on any atom is -0.391 e. The number of rotatable bonds is 3. The van der Waals surface area contributed by atoms with E-state index < -0.39 is 12.0 Å². The molecule has 0 heterocycles. The first-order chi connectivity index (χ1) is 9.08. The fourth-order valence-corrected chi connectivity index (χ4v) is 2.32. The maximum atomic E-state index is 12.0. The third-order valence-corrected chi connectivity index (χ3v) is 3.48. The van der Waals surface area contributed by atoms with Crippen molar-refractivity contribution in [1.29, 1.82) is 0 Å². The van der Waals surface area contributed by atoms with Crippen LogP contribution < -0.4 is 11.1 Å². The molecule has 1 aliphatic rings. The summed E-state index contributed by atoms with van der Waals surface area (Å²) in [5.74, 6) is -0.753. The number of aliphatic hydroxyl groups is 1. The highest BCUT2D eigenvalue weighted by molar-refractivity contribution is 5.97. The molecule has 19 heavy (non-hydrogen) atoms. The van der Waals surface area contributed by atoms with Gasteiger partial charge in [-0.05, 0) is 37.1 Å². The third kappa shape index (κ3) is 3.32. The highest BCUT2D eigenvalue weighted by Crippen LogP contribution is 2.18. The van der Waals surface area contributed by atoms with Crippen LogP contribution in [0.1, 0.15) is 46.4 Å². The second kappa shape index (κ2) is 5.84. The normalized spacial score (nSPS) is 22.8. The van der Waals surface area contributed by atoms with Gasteiger partial charge in [0.2, 0.25) is 5.91 Å². The summed E-state index contributed by atoms with van der Waals surface area (Å²) in [6.07, 6.45) is 3.07. The molecule has 1 aromatic rings. The minimum atomic E-state index is -0.519. The van der Waals surface area contributed by atoms with Crippen LogP contribution in [0.2, 0.25) is 0 Å². The van der Waals surface area contributed by atoms with Gasteiger partial charge in [-0.25, -0.2) is 0 Å². The van der Waals surface area contributed by atoms with Crippen LogP contribution in [0, 0.1) is 0 Å². The maximum Gasteiger partial charge on any atom is 0.251 e. The number of hydrogen-bond acceptors (Lipinski definition) is 3. The van der Waals surface area contributed by atoms with Crippen molar-refractivity contribution in [1.82, 2.24) is 5.32 Å². The van der Waals surface area contributed by atoms with Crippen molar-refractivity contribution in [3.05, 3.63) is 35.4 Å². The number of carbonyl (C=O) groups excluding carboxylic acids is 2. The zero-order chi connectivity index (χ0) is 13.8. The Morgan fingerprint density at radius 3 is 2.26 bits per heavy atom. The molecule has 1 aliphatic carbocycles. The quantitative estimate of drug-likeness (QED) is 0.753. The number of nitrogens with one attached hydrogen (secondary N) is 1. The van der Waals surface area contributed by atoms with Gasteiger partial charge in [0.1, 0.15) is 0 Å². The molecule has 0 aliphatic heterocycles. The summed E-state index contributed by atoms with van der Waals surface area (Å²) in [5.41, 5.74) is 5.97. The topological polar surface area (TPSA) is 92.4 Å². The second-order valence-corrected chi connectivity index (χ2v) is 4.87. The van der Waals surface area contributed by atoms with E-state index in [0.717, 1.165) is 25.7 Å². The molecule has 1 saturated carbocycles. The van der Waals surface area contributed by atoms with E-state index in [1.165, 1.54) is 12.1 Å². The van der Waals surface area contributed by atoms with Crippen molar-refractivity contribution < 1.29 is 14.7 Å². The van der Waals surface area contributed by atoms with Gasteiger partial charge in [-0.1, -0.05) is 12.8 Å². The summed E-state index contributed by atoms with van der Waals surface area (Å²) < 4.78 is 0. The van der Waals surface area contributed by atoms with E-state index in [0.29, 0.717) is 11.1 Å². The first-order valence-electron chi connectivity index (χ1n) is 6.46. The molecule has 102 valence electrons. The Balaban J connectivity index is 2.01. The molecular weight excluding hydrogens is 244 g/mol. The van der Waals surface area contributed by atoms with E-state index in [1.54, 1.807) is 12.1 Å². The maximum absolute atomic E-state index is 12.0. The fraction of sp³-hybridized carbons (Fsp3) is 0.429. The second-order valence-electron chi connectivity index (χ2n) is 4.87. The SMILES string of the molecule is NC(=O)c1ccc(C(=O)NC2CCCCC2O)cc1. The van der Waals surface area contributed by atoms with Gasteiger partial charge in [0.25, 0.3) is 5.91 Å². The molecule has 0 bridgehead atoms. The van der Waals surface area contributed by atoms with E-state index in [1.807, 2.05) is 0 Å². The average molecular weight is 262 g/mol. The summed E-state index contributed by atoms with van der Waals surface area (Å²) >= 11 is 0. The van der Waals surface area contributed by atoms with E-state index in [4.69, 9.17) is 5.73 Å². The van der Waals surface area contributed by atoms with Gasteiger partial charge in [-0.3, -0.25) is 9.59 Å². The number of hydrogen-bond donors (Lipinski definition) is 3. The number of benzene rings is 1. The largest absolute Gasteiger partial charge is 0.391 e. The van der Waals surface area contributed by atoms with Crippen LogP contribution in [0.25, 0.3) is 0 Å². The number of aliphatic hydroxyl groups excluding tert-OH is 1. The smallest absolute Gasteiger partial charge is 0.251 e. The summed E-state index contributed by atoms with van der Waals surface area (Å²) in [6.45, 7) is 0. The zero-order valence-corrected chi connectivity index (χ0v) is 10.6. The van der Waals surface area contributed by atoms with Gasteiger partial charge in [0.05, 0.1) is 12.1 Å². The Kier molecular flexibility index (Phi) is 4.16. The van der Waals surface area contributed by atoms with Gasteiger partial charge in [-0.15, -0.1) is 0 Å². The highest BCUT2D eigenvalue weighted by Gasteiger charge is 2.24. The van der Waals surface area contributed by atoms with Crippen LogP contribution in [-0.4, -0.2) is 29.1 Å². The predicted molar refractivity (Wildman–Crippen MR) is 70.7 cm³/mol. The molecule has 0 spiro atoms. The molecular formula is C14H18N2O3. The van der Waals surface area contributed by atoms with Crippen LogP contribution in [0.15, 0.2) is 24.3 Å². The molecule has 2 atom stereocenters. The van der Waals surface area contributed by atoms with E-state index in [2.05, 4.69) is 5.32 Å². The number of primary amides is 1. The van der Waals surface area contributed by atoms with Crippen LogP contribution in [-0.2, 0) is 0 Å². The lowest BCUT2D eigenvalue weighted by atomic mass is 9.92. The van der Waals surface area contributed by atoms with Crippen molar-refractivity contribution in [2.45, 2.75) is 37.8 Å². The van der Waals surface area contributed by atoms with E-state index >= 15 is 0 Å². The Morgan fingerprint density at radius 1 is 1.11 bits per heavy atom. The van der Waals surface area contributed by atoms with Crippen molar-refractivity contribution >= 4 is 11.8 Å². The van der Waals surface area contributed by atoms with Gasteiger partial charge in [-0.2, -0.15) is 0 Å².